The quantitative estimate of drug-likeness (QED) is 0.504. The van der Waals surface area contributed by atoms with Crippen molar-refractivity contribution in [1.82, 2.24) is 0 Å². The van der Waals surface area contributed by atoms with Crippen LogP contribution in [0.1, 0.15) is 33.6 Å². The van der Waals surface area contributed by atoms with Gasteiger partial charge in [0.15, 0.2) is 0 Å². The van der Waals surface area contributed by atoms with Crippen LogP contribution in [0, 0.1) is 17.3 Å². The lowest BCUT2D eigenvalue weighted by molar-refractivity contribution is -0.100. The Morgan fingerprint density at radius 3 is 2.00 bits per heavy atom. The van der Waals surface area contributed by atoms with Crippen LogP contribution in [0.5, 0.6) is 0 Å². The predicted octanol–water partition coefficient (Wildman–Crippen LogP) is 1.56. The fourth-order valence-corrected chi connectivity index (χ4v) is 1.30. The van der Waals surface area contributed by atoms with Gasteiger partial charge in [0, 0.05) is 5.41 Å². The highest BCUT2D eigenvalue weighted by Crippen LogP contribution is 2.48. The molecule has 1 nitrogen and oxygen atoms in total. The van der Waals surface area contributed by atoms with Crippen molar-refractivity contribution in [2.45, 2.75) is 39.2 Å². The molecule has 0 aromatic rings. The highest BCUT2D eigenvalue weighted by molar-refractivity contribution is 5.22. The summed E-state index contributed by atoms with van der Waals surface area (Å²) in [6.07, 6.45) is 1.92. The first kappa shape index (κ1) is 7.63. The Labute approximate surface area is 62.4 Å². The third-order valence-corrected chi connectivity index (χ3v) is 2.56. The van der Waals surface area contributed by atoms with Gasteiger partial charge in [0.1, 0.15) is 5.60 Å². The highest BCUT2D eigenvalue weighted by atomic mass is 16.3. The summed E-state index contributed by atoms with van der Waals surface area (Å²) in [5.74, 6) is 5.62. The predicted molar refractivity (Wildman–Crippen MR) is 41.4 cm³/mol. The van der Waals surface area contributed by atoms with Crippen LogP contribution < -0.4 is 0 Å². The van der Waals surface area contributed by atoms with E-state index in [9.17, 15) is 5.11 Å². The zero-order valence-electron chi connectivity index (χ0n) is 6.86. The molecule has 1 saturated carbocycles. The first-order valence-electron chi connectivity index (χ1n) is 3.68. The van der Waals surface area contributed by atoms with Gasteiger partial charge in [0.25, 0.3) is 0 Å². The number of hydrogen-bond donors (Lipinski definition) is 1. The van der Waals surface area contributed by atoms with E-state index in [1.165, 1.54) is 0 Å². The second-order valence-corrected chi connectivity index (χ2v) is 3.62. The number of hydrogen-bond acceptors (Lipinski definition) is 1. The van der Waals surface area contributed by atoms with Gasteiger partial charge < -0.3 is 5.11 Å². The van der Waals surface area contributed by atoms with Gasteiger partial charge >= 0.3 is 0 Å². The summed E-state index contributed by atoms with van der Waals surface area (Å²) in [5, 5.41) is 9.76. The number of rotatable bonds is 0. The van der Waals surface area contributed by atoms with E-state index in [2.05, 4.69) is 25.7 Å². The average Bonchev–Trinajstić information content (AvgIpc) is 1.86. The largest absolute Gasteiger partial charge is 0.377 e. The molecule has 1 rings (SSSR count). The van der Waals surface area contributed by atoms with E-state index in [-0.39, 0.29) is 5.41 Å². The van der Waals surface area contributed by atoms with Crippen LogP contribution in [0.4, 0.5) is 0 Å². The van der Waals surface area contributed by atoms with Gasteiger partial charge in [-0.3, -0.25) is 0 Å². The van der Waals surface area contributed by atoms with Crippen molar-refractivity contribution in [3.63, 3.8) is 0 Å². The maximum absolute atomic E-state index is 9.76. The van der Waals surface area contributed by atoms with E-state index in [0.717, 1.165) is 12.8 Å². The molecular weight excluding hydrogens is 124 g/mol. The molecule has 0 bridgehead atoms. The van der Waals surface area contributed by atoms with Crippen LogP contribution in [0.25, 0.3) is 0 Å². The van der Waals surface area contributed by atoms with Crippen LogP contribution in [0.2, 0.25) is 0 Å². The Bertz CT molecular complexity index is 195. The molecule has 1 unspecified atom stereocenters. The van der Waals surface area contributed by atoms with Gasteiger partial charge in [-0.25, -0.2) is 0 Å². The maximum atomic E-state index is 9.76. The fourth-order valence-electron chi connectivity index (χ4n) is 1.30. The Morgan fingerprint density at radius 2 is 1.90 bits per heavy atom. The Kier molecular flexibility index (Phi) is 1.53. The number of aliphatic hydroxyl groups is 1. The Hall–Kier alpha value is -0.480. The Morgan fingerprint density at radius 1 is 1.30 bits per heavy atom. The molecule has 56 valence electrons. The van der Waals surface area contributed by atoms with E-state index < -0.39 is 5.60 Å². The monoisotopic (exact) mass is 138 g/mol. The molecular formula is C9H14O. The van der Waals surface area contributed by atoms with E-state index >= 15 is 0 Å². The molecule has 0 saturated heterocycles. The molecule has 1 fully saturated rings. The zero-order chi connectivity index (χ0) is 7.83. The normalized spacial score (nSPS) is 35.6. The van der Waals surface area contributed by atoms with E-state index in [1.54, 1.807) is 6.92 Å². The summed E-state index contributed by atoms with van der Waals surface area (Å²) >= 11 is 0. The van der Waals surface area contributed by atoms with Gasteiger partial charge in [0.2, 0.25) is 0 Å². The molecule has 1 heteroatoms. The minimum atomic E-state index is -0.693. The molecule has 1 N–H and O–H groups in total. The summed E-state index contributed by atoms with van der Waals surface area (Å²) in [7, 11) is 0. The molecule has 0 heterocycles. The molecule has 0 amide bonds. The van der Waals surface area contributed by atoms with Crippen molar-refractivity contribution < 1.29 is 5.11 Å². The topological polar surface area (TPSA) is 20.2 Å². The third kappa shape index (κ3) is 0.839. The maximum Gasteiger partial charge on any atom is 0.130 e. The minimum absolute atomic E-state index is 0.00993. The van der Waals surface area contributed by atoms with Crippen molar-refractivity contribution in [3.05, 3.63) is 0 Å². The molecule has 10 heavy (non-hydrogen) atoms. The van der Waals surface area contributed by atoms with Gasteiger partial charge in [-0.2, -0.15) is 0 Å². The summed E-state index contributed by atoms with van der Waals surface area (Å²) in [4.78, 5) is 0. The minimum Gasteiger partial charge on any atom is -0.377 e. The molecule has 1 aliphatic rings. The molecule has 0 radical (unpaired) electrons. The van der Waals surface area contributed by atoms with Gasteiger partial charge in [-0.1, -0.05) is 19.8 Å². The fraction of sp³-hybridized carbons (Fsp3) is 0.778. The van der Waals surface area contributed by atoms with Crippen LogP contribution in [-0.4, -0.2) is 10.7 Å². The van der Waals surface area contributed by atoms with Gasteiger partial charge in [0.05, 0.1) is 0 Å². The molecule has 0 aliphatic heterocycles. The lowest BCUT2D eigenvalue weighted by Gasteiger charge is -2.49. The molecule has 0 spiro atoms. The van der Waals surface area contributed by atoms with Crippen molar-refractivity contribution in [3.8, 4) is 11.8 Å². The van der Waals surface area contributed by atoms with Crippen molar-refractivity contribution in [1.29, 1.82) is 0 Å². The second-order valence-electron chi connectivity index (χ2n) is 3.62. The third-order valence-electron chi connectivity index (χ3n) is 2.56. The molecule has 1 aliphatic carbocycles. The first-order valence-corrected chi connectivity index (χ1v) is 3.68. The van der Waals surface area contributed by atoms with Crippen LogP contribution in [0.3, 0.4) is 0 Å². The van der Waals surface area contributed by atoms with Gasteiger partial charge in [-0.15, -0.1) is 5.92 Å². The smallest absolute Gasteiger partial charge is 0.130 e. The van der Waals surface area contributed by atoms with Crippen LogP contribution in [0.15, 0.2) is 0 Å². The standard InChI is InChI=1S/C9H14O/c1-4-5-9(10)7-6-8(9,2)3/h10H,6-7H2,1-3H3. The summed E-state index contributed by atoms with van der Waals surface area (Å²) in [6, 6.07) is 0. The molecule has 1 atom stereocenters. The van der Waals surface area contributed by atoms with Crippen molar-refractivity contribution in [2.75, 3.05) is 0 Å². The van der Waals surface area contributed by atoms with E-state index in [4.69, 9.17) is 0 Å². The van der Waals surface area contributed by atoms with Crippen molar-refractivity contribution >= 4 is 0 Å². The summed E-state index contributed by atoms with van der Waals surface area (Å²) in [6.45, 7) is 5.88. The lowest BCUT2D eigenvalue weighted by atomic mass is 9.59. The van der Waals surface area contributed by atoms with Gasteiger partial charge in [-0.05, 0) is 19.8 Å². The lowest BCUT2D eigenvalue weighted by Crippen LogP contribution is -2.52. The first-order chi connectivity index (χ1) is 4.52. The average molecular weight is 138 g/mol. The zero-order valence-corrected chi connectivity index (χ0v) is 6.86. The molecule has 0 aromatic heterocycles. The molecule has 0 aromatic carbocycles. The second kappa shape index (κ2) is 2.00. The summed E-state index contributed by atoms with van der Waals surface area (Å²) in [5.41, 5.74) is -0.683. The SMILES string of the molecule is CC#CC1(O)CCC1(C)C. The van der Waals surface area contributed by atoms with Crippen LogP contribution >= 0.6 is 0 Å². The van der Waals surface area contributed by atoms with Crippen molar-refractivity contribution in [2.24, 2.45) is 5.41 Å². The highest BCUT2D eigenvalue weighted by Gasteiger charge is 2.50. The van der Waals surface area contributed by atoms with E-state index in [0.29, 0.717) is 0 Å². The summed E-state index contributed by atoms with van der Waals surface area (Å²) < 4.78 is 0. The van der Waals surface area contributed by atoms with Crippen LogP contribution in [-0.2, 0) is 0 Å². The van der Waals surface area contributed by atoms with E-state index in [1.807, 2.05) is 0 Å². The Balaban J connectivity index is 2.77.